The zero-order chi connectivity index (χ0) is 68.4. The van der Waals surface area contributed by atoms with E-state index in [1.54, 1.807) is 62.4 Å². The lowest BCUT2D eigenvalue weighted by Gasteiger charge is -2.54. The van der Waals surface area contributed by atoms with E-state index in [-0.39, 0.29) is 44.5 Å². The number of ether oxygens (including phenoxy) is 3. The first-order valence-corrected chi connectivity index (χ1v) is 31.5. The van der Waals surface area contributed by atoms with Crippen LogP contribution in [0.3, 0.4) is 0 Å². The Labute approximate surface area is 530 Å². The summed E-state index contributed by atoms with van der Waals surface area (Å²) in [5, 5.41) is 11.3. The first-order valence-electron chi connectivity index (χ1n) is 28.6. The Hall–Kier alpha value is -7.60. The number of hydrogen-bond acceptors (Lipinski definition) is 13. The van der Waals surface area contributed by atoms with Crippen LogP contribution in [0.25, 0.3) is 11.1 Å². The molecule has 7 rings (SSSR count). The van der Waals surface area contributed by atoms with Gasteiger partial charge in [-0.25, -0.2) is 23.1 Å². The number of carbonyl (C=O) groups is 2. The minimum absolute atomic E-state index is 0.0147. The molecule has 7 aromatic carbocycles. The van der Waals surface area contributed by atoms with Crippen LogP contribution in [0.5, 0.6) is 5.75 Å². The minimum Gasteiger partial charge on any atom is -0.496 e. The van der Waals surface area contributed by atoms with E-state index < -0.39 is 148 Å². The first-order chi connectivity index (χ1) is 43.5. The maximum atomic E-state index is 16.5. The molecule has 0 aliphatic heterocycles. The standard InChI is InChI=1S/C66H67F10NO14P2/c1-43(2)52-35-53(57(83-8)36-56(52)67)51-33-32-50(64(68,69)70)34-49(51)37-77(59(78)89-61(4,5)6)62(7,91-93(82,87-41-47-26-17-11-18-27-47)88-42-48-28-19-12-20-29-48)63(90-60(79)80,54-30-21-31-55(65(71,72)73)58(54)66(74,75)76)44(3)38-84-92(81,85-39-45-22-13-9-14-23-45)86-40-46-24-15-10-16-25-46/h9-36,43-44H,37-42H2,1-8H3,(H,79,80). The van der Waals surface area contributed by atoms with E-state index in [0.29, 0.717) is 42.3 Å². The van der Waals surface area contributed by atoms with Crippen LogP contribution in [0.4, 0.5) is 53.5 Å². The van der Waals surface area contributed by atoms with Crippen LogP contribution in [0, 0.1) is 11.7 Å². The summed E-state index contributed by atoms with van der Waals surface area (Å²) < 4.78 is 243. The van der Waals surface area contributed by atoms with Gasteiger partial charge in [0.15, 0.2) is 11.3 Å². The second-order valence-electron chi connectivity index (χ2n) is 22.7. The van der Waals surface area contributed by atoms with Crippen molar-refractivity contribution in [1.82, 2.24) is 4.90 Å². The molecule has 7 aromatic rings. The molecule has 0 radical (unpaired) electrons. The third-order valence-corrected chi connectivity index (χ3v) is 17.3. The van der Waals surface area contributed by atoms with Crippen molar-refractivity contribution in [2.24, 2.45) is 5.92 Å². The number of halogens is 10. The van der Waals surface area contributed by atoms with Gasteiger partial charge < -0.3 is 19.3 Å². The van der Waals surface area contributed by atoms with Gasteiger partial charge in [-0.15, -0.1) is 0 Å². The lowest BCUT2D eigenvalue weighted by molar-refractivity contribution is -0.247. The van der Waals surface area contributed by atoms with Crippen molar-refractivity contribution >= 4 is 27.9 Å². The van der Waals surface area contributed by atoms with Gasteiger partial charge in [0.2, 0.25) is 0 Å². The zero-order valence-corrected chi connectivity index (χ0v) is 53.2. The molecule has 27 heteroatoms. The normalized spacial score (nSPS) is 14.2. The first kappa shape index (κ1) is 72.8. The zero-order valence-electron chi connectivity index (χ0n) is 51.4. The topological polar surface area (TPSA) is 175 Å². The number of phosphoric ester groups is 2. The molecule has 0 bridgehead atoms. The van der Waals surface area contributed by atoms with Gasteiger partial charge in [0.05, 0.1) is 63.4 Å². The van der Waals surface area contributed by atoms with E-state index in [0.717, 1.165) is 26.2 Å². The van der Waals surface area contributed by atoms with Gasteiger partial charge in [-0.05, 0) is 96.8 Å². The number of hydrogen-bond donors (Lipinski definition) is 1. The highest BCUT2D eigenvalue weighted by molar-refractivity contribution is 7.48. The van der Waals surface area contributed by atoms with Crippen LogP contribution in [-0.2, 0) is 103 Å². The Morgan fingerprint density at radius 1 is 0.538 bits per heavy atom. The second-order valence-corrected chi connectivity index (χ2v) is 26.0. The molecule has 3 unspecified atom stereocenters. The molecule has 1 N–H and O–H groups in total. The van der Waals surface area contributed by atoms with Gasteiger partial charge >= 0.3 is 46.4 Å². The van der Waals surface area contributed by atoms with Gasteiger partial charge in [-0.3, -0.25) is 32.0 Å². The monoisotopic (exact) mass is 1350 g/mol. The number of carboxylic acid groups (broad SMARTS) is 1. The van der Waals surface area contributed by atoms with Gasteiger partial charge in [-0.1, -0.05) is 160 Å². The van der Waals surface area contributed by atoms with Crippen LogP contribution < -0.4 is 4.74 Å². The van der Waals surface area contributed by atoms with Crippen molar-refractivity contribution in [2.45, 2.75) is 123 Å². The van der Waals surface area contributed by atoms with E-state index in [4.69, 9.17) is 41.4 Å². The third-order valence-electron chi connectivity index (χ3n) is 14.5. The predicted octanol–water partition coefficient (Wildman–Crippen LogP) is 19.5. The van der Waals surface area contributed by atoms with Crippen LogP contribution in [0.1, 0.15) is 110 Å². The number of methoxy groups -OCH3 is 1. The van der Waals surface area contributed by atoms with Crippen molar-refractivity contribution in [3.63, 3.8) is 0 Å². The number of phosphoric acid groups is 2. The largest absolute Gasteiger partial charge is 0.506 e. The summed E-state index contributed by atoms with van der Waals surface area (Å²) in [6.07, 6.45) is -22.1. The molecular formula is C66H67F10NO14P2. The van der Waals surface area contributed by atoms with Crippen LogP contribution >= 0.6 is 15.6 Å². The molecule has 0 aliphatic carbocycles. The molecule has 0 aromatic heterocycles. The number of nitrogens with zero attached hydrogens (tertiary/aromatic N) is 1. The summed E-state index contributed by atoms with van der Waals surface area (Å²) in [4.78, 5) is 30.2. The van der Waals surface area contributed by atoms with E-state index in [2.05, 4.69) is 0 Å². The maximum Gasteiger partial charge on any atom is 0.506 e. The summed E-state index contributed by atoms with van der Waals surface area (Å²) in [5.41, 5.74) is -18.9. The lowest BCUT2D eigenvalue weighted by atomic mass is 9.71. The van der Waals surface area contributed by atoms with Crippen molar-refractivity contribution in [3.05, 3.63) is 231 Å². The highest BCUT2D eigenvalue weighted by atomic mass is 31.2. The Morgan fingerprint density at radius 2 is 1.00 bits per heavy atom. The molecule has 15 nitrogen and oxygen atoms in total. The molecule has 500 valence electrons. The predicted molar refractivity (Wildman–Crippen MR) is 321 cm³/mol. The number of carbonyl (C=O) groups excluding carboxylic acids is 1. The molecule has 3 atom stereocenters. The Bertz CT molecular complexity index is 3670. The van der Waals surface area contributed by atoms with Crippen LogP contribution in [0.15, 0.2) is 170 Å². The Morgan fingerprint density at radius 3 is 1.41 bits per heavy atom. The summed E-state index contributed by atoms with van der Waals surface area (Å²) in [6, 6.07) is 35.3. The summed E-state index contributed by atoms with van der Waals surface area (Å²) in [7, 11) is -10.2. The number of amides is 1. The van der Waals surface area contributed by atoms with E-state index in [1.165, 1.54) is 99.6 Å². The van der Waals surface area contributed by atoms with E-state index in [9.17, 15) is 9.90 Å². The minimum atomic E-state index is -6.27. The second kappa shape index (κ2) is 29.8. The number of rotatable bonds is 27. The average Bonchev–Trinajstić information content (AvgIpc) is 0.703. The average molecular weight is 1350 g/mol. The Kier molecular flexibility index (Phi) is 23.3. The highest BCUT2D eigenvalue weighted by Gasteiger charge is 2.68. The smallest absolute Gasteiger partial charge is 0.496 e. The van der Waals surface area contributed by atoms with E-state index >= 15 is 57.8 Å². The lowest BCUT2D eigenvalue weighted by Crippen LogP contribution is -2.68. The molecule has 0 heterocycles. The number of alkyl halides is 9. The van der Waals surface area contributed by atoms with Crippen LogP contribution in [0.2, 0.25) is 0 Å². The van der Waals surface area contributed by atoms with Crippen molar-refractivity contribution < 1.29 is 109 Å². The maximum absolute atomic E-state index is 16.5. The molecule has 0 spiro atoms. The fourth-order valence-electron chi connectivity index (χ4n) is 10.2. The van der Waals surface area contributed by atoms with Crippen molar-refractivity contribution in [3.8, 4) is 16.9 Å². The molecule has 0 saturated carbocycles. The van der Waals surface area contributed by atoms with Crippen LogP contribution in [-0.4, -0.2) is 47.3 Å². The molecule has 0 saturated heterocycles. The summed E-state index contributed by atoms with van der Waals surface area (Å²) in [5.74, 6) is -4.37. The summed E-state index contributed by atoms with van der Waals surface area (Å²) >= 11 is 0. The van der Waals surface area contributed by atoms with Crippen molar-refractivity contribution in [1.29, 1.82) is 0 Å². The summed E-state index contributed by atoms with van der Waals surface area (Å²) in [6.45, 7) is 2.30. The molecule has 1 amide bonds. The van der Waals surface area contributed by atoms with E-state index in [1.807, 2.05) is 0 Å². The molecular weight excluding hydrogens is 1280 g/mol. The molecule has 0 aliphatic rings. The van der Waals surface area contributed by atoms with Gasteiger partial charge in [0.1, 0.15) is 17.2 Å². The van der Waals surface area contributed by atoms with Gasteiger partial charge in [-0.2, -0.15) is 39.5 Å². The fraction of sp³-hybridized carbons (Fsp3) is 0.333. The Balaban J connectivity index is 1.67. The fourth-order valence-corrected chi connectivity index (χ4v) is 12.9. The third kappa shape index (κ3) is 18.4. The highest BCUT2D eigenvalue weighted by Crippen LogP contribution is 2.63. The van der Waals surface area contributed by atoms with Gasteiger partial charge in [0.25, 0.3) is 0 Å². The van der Waals surface area contributed by atoms with Gasteiger partial charge in [0, 0.05) is 23.1 Å². The molecule has 0 fully saturated rings. The molecule has 93 heavy (non-hydrogen) atoms. The van der Waals surface area contributed by atoms with Crippen molar-refractivity contribution in [2.75, 3.05) is 13.7 Å². The quantitative estimate of drug-likeness (QED) is 0.0223. The number of benzene rings is 7. The SMILES string of the molecule is COc1cc(F)c(C(C)C)cc1-c1ccc(C(F)(F)F)cc1CN(C(=O)OC(C)(C)C)C(C)(OP(=O)(OCc1ccccc1)OCc1ccccc1)C(OC(=O)O)(c1cccc(C(F)(F)F)c1C(F)(F)F)C(C)COP(=O)(OCc1ccccc1)OCc1ccccc1.